The van der Waals surface area contributed by atoms with E-state index < -0.39 is 46.3 Å². The molecule has 0 bridgehead atoms. The van der Waals surface area contributed by atoms with Crippen molar-refractivity contribution >= 4 is 56.1 Å². The number of hydrogen-bond donors (Lipinski definition) is 4. The molecule has 13 heteroatoms. The summed E-state index contributed by atoms with van der Waals surface area (Å²) in [5.41, 5.74) is 4.49. The number of nitrogens with one attached hydrogen (secondary N) is 2. The Kier molecular flexibility index (Phi) is 8.52. The number of amides is 2. The van der Waals surface area contributed by atoms with Gasteiger partial charge in [-0.1, -0.05) is 30.3 Å². The van der Waals surface area contributed by atoms with Crippen LogP contribution in [-0.2, 0) is 0 Å². The SMILES string of the molecule is O=C(N/N=C/c1ccc(Br)c(F)c1)c1c(O)c(O)c(C(=O)N/N=C/c2ccc(F)c(Br)c2)n1-c1ccccc1. The van der Waals surface area contributed by atoms with Crippen molar-refractivity contribution in [2.75, 3.05) is 0 Å². The number of para-hydroxylation sites is 1. The van der Waals surface area contributed by atoms with Crippen LogP contribution < -0.4 is 10.9 Å². The van der Waals surface area contributed by atoms with Crippen molar-refractivity contribution in [3.05, 3.63) is 110 Å². The molecular formula is C26H17Br2F2N5O4. The molecule has 0 saturated heterocycles. The lowest BCUT2D eigenvalue weighted by atomic mass is 10.2. The van der Waals surface area contributed by atoms with Gasteiger partial charge in [-0.2, -0.15) is 10.2 Å². The summed E-state index contributed by atoms with van der Waals surface area (Å²) in [5, 5.41) is 28.8. The molecule has 4 N–H and O–H groups in total. The molecule has 2 amide bonds. The van der Waals surface area contributed by atoms with Crippen LogP contribution in [0.4, 0.5) is 8.78 Å². The molecule has 0 aliphatic carbocycles. The second-order valence-corrected chi connectivity index (χ2v) is 9.52. The van der Waals surface area contributed by atoms with E-state index in [2.05, 4.69) is 52.9 Å². The van der Waals surface area contributed by atoms with Crippen molar-refractivity contribution in [1.82, 2.24) is 15.4 Å². The predicted octanol–water partition coefficient (Wildman–Crippen LogP) is 5.22. The minimum Gasteiger partial charge on any atom is -0.503 e. The van der Waals surface area contributed by atoms with E-state index >= 15 is 0 Å². The van der Waals surface area contributed by atoms with Crippen LogP contribution >= 0.6 is 31.9 Å². The van der Waals surface area contributed by atoms with E-state index in [1.807, 2.05) is 0 Å². The lowest BCUT2D eigenvalue weighted by Crippen LogP contribution is -2.25. The highest BCUT2D eigenvalue weighted by atomic mass is 79.9. The van der Waals surface area contributed by atoms with Gasteiger partial charge in [-0.15, -0.1) is 0 Å². The number of aromatic hydroxyl groups is 2. The van der Waals surface area contributed by atoms with Crippen molar-refractivity contribution in [1.29, 1.82) is 0 Å². The number of hydrogen-bond acceptors (Lipinski definition) is 6. The Bertz CT molecular complexity index is 1530. The smallest absolute Gasteiger partial charge is 0.292 e. The number of aromatic nitrogens is 1. The average molecular weight is 661 g/mol. The van der Waals surface area contributed by atoms with E-state index in [1.54, 1.807) is 36.4 Å². The predicted molar refractivity (Wildman–Crippen MR) is 147 cm³/mol. The van der Waals surface area contributed by atoms with Crippen molar-refractivity contribution in [3.8, 4) is 17.2 Å². The van der Waals surface area contributed by atoms with Crippen LogP contribution in [0.2, 0.25) is 0 Å². The Morgan fingerprint density at radius 2 is 1.28 bits per heavy atom. The highest BCUT2D eigenvalue weighted by Gasteiger charge is 2.31. The maximum Gasteiger partial charge on any atom is 0.292 e. The van der Waals surface area contributed by atoms with E-state index in [-0.39, 0.29) is 14.6 Å². The molecule has 4 rings (SSSR count). The largest absolute Gasteiger partial charge is 0.503 e. The lowest BCUT2D eigenvalue weighted by Gasteiger charge is -2.11. The second kappa shape index (κ2) is 12.0. The summed E-state index contributed by atoms with van der Waals surface area (Å²) in [7, 11) is 0. The van der Waals surface area contributed by atoms with Crippen LogP contribution in [0.15, 0.2) is 85.9 Å². The standard InChI is InChI=1S/C26H17Br2F2N5O4/c27-17-8-6-15(11-20(17)30)13-32-34-26(39)22-24(37)23(36)21(35(22)16-4-2-1-3-5-16)25(38)33-31-12-14-7-9-19(29)18(28)10-14/h1-13,36-37H,(H,33,38)(H,34,39)/b31-12+,32-13+. The fourth-order valence-corrected chi connectivity index (χ4v) is 4.07. The van der Waals surface area contributed by atoms with E-state index in [0.29, 0.717) is 11.1 Å². The van der Waals surface area contributed by atoms with Crippen LogP contribution in [0.1, 0.15) is 32.1 Å². The summed E-state index contributed by atoms with van der Waals surface area (Å²) < 4.78 is 28.7. The maximum absolute atomic E-state index is 13.7. The molecule has 1 aromatic heterocycles. The highest BCUT2D eigenvalue weighted by Crippen LogP contribution is 2.38. The van der Waals surface area contributed by atoms with Gasteiger partial charge in [0.05, 0.1) is 21.4 Å². The number of rotatable bonds is 7. The van der Waals surface area contributed by atoms with Crippen molar-refractivity contribution in [3.63, 3.8) is 0 Å². The Hall–Kier alpha value is -4.36. The van der Waals surface area contributed by atoms with Gasteiger partial charge in [-0.05, 0) is 79.4 Å². The average Bonchev–Trinajstić information content (AvgIpc) is 3.19. The molecule has 1 heterocycles. The van der Waals surface area contributed by atoms with E-state index in [4.69, 9.17) is 0 Å². The van der Waals surface area contributed by atoms with Crippen LogP contribution in [-0.4, -0.2) is 39.0 Å². The third kappa shape index (κ3) is 6.21. The number of halogens is 4. The Morgan fingerprint density at radius 1 is 0.744 bits per heavy atom. The zero-order valence-corrected chi connectivity index (χ0v) is 22.7. The highest BCUT2D eigenvalue weighted by molar-refractivity contribution is 9.10. The van der Waals surface area contributed by atoms with Gasteiger partial charge >= 0.3 is 0 Å². The molecule has 4 aromatic rings. The monoisotopic (exact) mass is 659 g/mol. The third-order valence-corrected chi connectivity index (χ3v) is 6.46. The zero-order valence-electron chi connectivity index (χ0n) is 19.6. The van der Waals surface area contributed by atoms with Gasteiger partial charge in [-0.3, -0.25) is 14.2 Å². The molecule has 3 aromatic carbocycles. The summed E-state index contributed by atoms with van der Waals surface area (Å²) in [4.78, 5) is 26.1. The van der Waals surface area contributed by atoms with Gasteiger partial charge < -0.3 is 10.2 Å². The van der Waals surface area contributed by atoms with Gasteiger partial charge in [0.2, 0.25) is 0 Å². The fourth-order valence-electron chi connectivity index (χ4n) is 3.42. The Balaban J connectivity index is 1.65. The molecule has 0 fully saturated rings. The molecule has 0 aliphatic rings. The van der Waals surface area contributed by atoms with Gasteiger partial charge in [0.15, 0.2) is 22.9 Å². The second-order valence-electron chi connectivity index (χ2n) is 7.81. The molecule has 198 valence electrons. The lowest BCUT2D eigenvalue weighted by molar-refractivity contribution is 0.0942. The van der Waals surface area contributed by atoms with Crippen LogP contribution in [0.25, 0.3) is 5.69 Å². The number of hydrazone groups is 2. The zero-order chi connectivity index (χ0) is 28.1. The third-order valence-electron chi connectivity index (χ3n) is 5.21. The molecule has 0 saturated carbocycles. The molecule has 0 unspecified atom stereocenters. The topological polar surface area (TPSA) is 128 Å². The fraction of sp³-hybridized carbons (Fsp3) is 0. The molecule has 0 atom stereocenters. The van der Waals surface area contributed by atoms with Gasteiger partial charge in [0, 0.05) is 5.69 Å². The number of carbonyl (C=O) groups is 2. The van der Waals surface area contributed by atoms with Gasteiger partial charge in [0.25, 0.3) is 11.8 Å². The van der Waals surface area contributed by atoms with E-state index in [9.17, 15) is 28.6 Å². The van der Waals surface area contributed by atoms with Crippen LogP contribution in [0.5, 0.6) is 11.5 Å². The Morgan fingerprint density at radius 3 is 1.82 bits per heavy atom. The summed E-state index contributed by atoms with van der Waals surface area (Å²) in [5.74, 6) is -4.69. The quantitative estimate of drug-likeness (QED) is 0.160. The first-order chi connectivity index (χ1) is 18.7. The minimum absolute atomic E-state index is 0.196. The van der Waals surface area contributed by atoms with Crippen LogP contribution in [0, 0.1) is 11.6 Å². The number of benzene rings is 3. The van der Waals surface area contributed by atoms with Gasteiger partial charge in [-0.25, -0.2) is 19.6 Å². The molecule has 0 radical (unpaired) electrons. The summed E-state index contributed by atoms with van der Waals surface area (Å²) in [6, 6.07) is 16.3. The molecular weight excluding hydrogens is 644 g/mol. The number of nitrogens with zero attached hydrogens (tertiary/aromatic N) is 3. The first-order valence-corrected chi connectivity index (χ1v) is 12.5. The maximum atomic E-state index is 13.7. The van der Waals surface area contributed by atoms with Crippen LogP contribution in [0.3, 0.4) is 0 Å². The van der Waals surface area contributed by atoms with E-state index in [0.717, 1.165) is 4.57 Å². The Labute approximate surface area is 236 Å². The summed E-state index contributed by atoms with van der Waals surface area (Å²) >= 11 is 6.10. The van der Waals surface area contributed by atoms with Gasteiger partial charge in [0.1, 0.15) is 11.6 Å². The number of carbonyl (C=O) groups excluding carboxylic acids is 2. The van der Waals surface area contributed by atoms with Crippen molar-refractivity contribution in [2.45, 2.75) is 0 Å². The van der Waals surface area contributed by atoms with Crippen molar-refractivity contribution in [2.24, 2.45) is 10.2 Å². The molecule has 9 nitrogen and oxygen atoms in total. The molecule has 0 spiro atoms. The normalized spacial score (nSPS) is 11.3. The first kappa shape index (κ1) is 27.7. The summed E-state index contributed by atoms with van der Waals surface area (Å²) in [6.07, 6.45) is 2.42. The summed E-state index contributed by atoms with van der Waals surface area (Å²) in [6.45, 7) is 0. The van der Waals surface area contributed by atoms with E-state index in [1.165, 1.54) is 42.8 Å². The first-order valence-electron chi connectivity index (χ1n) is 11.0. The molecule has 39 heavy (non-hydrogen) atoms. The van der Waals surface area contributed by atoms with Crippen molar-refractivity contribution < 1.29 is 28.6 Å². The molecule has 0 aliphatic heterocycles. The minimum atomic E-state index is -0.973.